The van der Waals surface area contributed by atoms with Crippen molar-refractivity contribution in [2.24, 2.45) is 0 Å². The van der Waals surface area contributed by atoms with Crippen LogP contribution in [0.4, 0.5) is 0 Å². The third kappa shape index (κ3) is 3.96. The second-order valence-corrected chi connectivity index (χ2v) is 13.0. The van der Waals surface area contributed by atoms with Crippen LogP contribution in [-0.4, -0.2) is 9.97 Å². The summed E-state index contributed by atoms with van der Waals surface area (Å²) in [6.45, 7) is 0. The zero-order chi connectivity index (χ0) is 32.1. The van der Waals surface area contributed by atoms with Crippen molar-refractivity contribution in [3.63, 3.8) is 0 Å². The van der Waals surface area contributed by atoms with E-state index in [9.17, 15) is 0 Å². The summed E-state index contributed by atoms with van der Waals surface area (Å²) in [4.78, 5) is 10.5. The van der Waals surface area contributed by atoms with Crippen LogP contribution in [0.1, 0.15) is 0 Å². The van der Waals surface area contributed by atoms with E-state index in [0.717, 1.165) is 77.4 Å². The standard InChI is InChI=1S/C46H26N2O/c1-2-7-41-36(6-1)38-26-34(20-25-42(38)49-41)27-8-10-28(11-9-27)39-23-18-32-14-15-33-19-24-40(48-46(33)45(32)47-39)35-21-16-31-13-12-29-4-3-5-30-17-22-37(35)44(31)43(29)30/h1-26H. The van der Waals surface area contributed by atoms with Crippen molar-refractivity contribution < 1.29 is 4.42 Å². The Bertz CT molecular complexity index is 3080. The van der Waals surface area contributed by atoms with Crippen molar-refractivity contribution in [1.29, 1.82) is 0 Å². The molecule has 0 aliphatic rings. The summed E-state index contributed by atoms with van der Waals surface area (Å²) in [6.07, 6.45) is 0. The summed E-state index contributed by atoms with van der Waals surface area (Å²) in [7, 11) is 0. The summed E-state index contributed by atoms with van der Waals surface area (Å²) >= 11 is 0. The number of fused-ring (bicyclic) bond motifs is 6. The molecule has 0 N–H and O–H groups in total. The van der Waals surface area contributed by atoms with Crippen LogP contribution in [0.5, 0.6) is 0 Å². The number of rotatable bonds is 3. The van der Waals surface area contributed by atoms with Crippen LogP contribution in [0.3, 0.4) is 0 Å². The van der Waals surface area contributed by atoms with Crippen molar-refractivity contribution in [1.82, 2.24) is 9.97 Å². The second-order valence-electron chi connectivity index (χ2n) is 13.0. The molecule has 8 aromatic carbocycles. The molecule has 0 bridgehead atoms. The van der Waals surface area contributed by atoms with Gasteiger partial charge in [0.25, 0.3) is 0 Å². The first kappa shape index (κ1) is 26.5. The molecule has 0 radical (unpaired) electrons. The van der Waals surface area contributed by atoms with E-state index in [0.29, 0.717) is 0 Å². The highest BCUT2D eigenvalue weighted by Gasteiger charge is 2.15. The quantitative estimate of drug-likeness (QED) is 0.184. The van der Waals surface area contributed by atoms with E-state index in [4.69, 9.17) is 14.4 Å². The minimum Gasteiger partial charge on any atom is -0.456 e. The Labute approximate surface area is 281 Å². The largest absolute Gasteiger partial charge is 0.456 e. The molecule has 3 nitrogen and oxygen atoms in total. The Hall–Kier alpha value is -6.58. The molecule has 11 aromatic rings. The zero-order valence-corrected chi connectivity index (χ0v) is 26.3. The number of pyridine rings is 2. The molecule has 3 heteroatoms. The fourth-order valence-electron chi connectivity index (χ4n) is 7.78. The number of aromatic nitrogens is 2. The second kappa shape index (κ2) is 9.96. The fraction of sp³-hybridized carbons (Fsp3) is 0. The summed E-state index contributed by atoms with van der Waals surface area (Å²) in [5, 5.41) is 12.1. The van der Waals surface area contributed by atoms with E-state index in [2.05, 4.69) is 146 Å². The Morgan fingerprint density at radius 1 is 0.347 bits per heavy atom. The lowest BCUT2D eigenvalue weighted by molar-refractivity contribution is 0.669. The molecular formula is C46H26N2O. The molecule has 49 heavy (non-hydrogen) atoms. The molecule has 0 unspecified atom stereocenters. The summed E-state index contributed by atoms with van der Waals surface area (Å²) in [6, 6.07) is 56.1. The summed E-state index contributed by atoms with van der Waals surface area (Å²) in [5.74, 6) is 0. The molecule has 0 aliphatic carbocycles. The van der Waals surface area contributed by atoms with E-state index in [-0.39, 0.29) is 0 Å². The van der Waals surface area contributed by atoms with Crippen LogP contribution < -0.4 is 0 Å². The van der Waals surface area contributed by atoms with Crippen molar-refractivity contribution in [2.75, 3.05) is 0 Å². The smallest absolute Gasteiger partial charge is 0.135 e. The molecule has 0 fully saturated rings. The molecule has 226 valence electrons. The summed E-state index contributed by atoms with van der Waals surface area (Å²) in [5.41, 5.74) is 10.1. The van der Waals surface area contributed by atoms with Crippen LogP contribution in [0.15, 0.2) is 162 Å². The van der Waals surface area contributed by atoms with Gasteiger partial charge in [-0.25, -0.2) is 9.97 Å². The van der Waals surface area contributed by atoms with E-state index in [1.54, 1.807) is 0 Å². The van der Waals surface area contributed by atoms with Gasteiger partial charge in [-0.3, -0.25) is 0 Å². The minimum absolute atomic E-state index is 0.907. The average Bonchev–Trinajstić information content (AvgIpc) is 3.54. The lowest BCUT2D eigenvalue weighted by atomic mass is 9.91. The first-order valence-corrected chi connectivity index (χ1v) is 16.6. The first-order valence-electron chi connectivity index (χ1n) is 16.6. The normalized spacial score (nSPS) is 12.1. The van der Waals surface area contributed by atoms with Crippen LogP contribution in [0.25, 0.3) is 110 Å². The predicted molar refractivity (Wildman–Crippen MR) is 204 cm³/mol. The number of hydrogen-bond donors (Lipinski definition) is 0. The minimum atomic E-state index is 0.907. The highest BCUT2D eigenvalue weighted by molar-refractivity contribution is 6.25. The van der Waals surface area contributed by atoms with Crippen LogP contribution >= 0.6 is 0 Å². The highest BCUT2D eigenvalue weighted by atomic mass is 16.3. The number of nitrogens with zero attached hydrogens (tertiary/aromatic N) is 2. The van der Waals surface area contributed by atoms with Gasteiger partial charge in [0, 0.05) is 32.7 Å². The van der Waals surface area contributed by atoms with Gasteiger partial charge in [-0.1, -0.05) is 127 Å². The fourth-order valence-corrected chi connectivity index (χ4v) is 7.78. The lowest BCUT2D eigenvalue weighted by Crippen LogP contribution is -1.92. The van der Waals surface area contributed by atoms with Gasteiger partial charge < -0.3 is 4.42 Å². The molecule has 0 aliphatic heterocycles. The average molecular weight is 623 g/mol. The Balaban J connectivity index is 1.02. The van der Waals surface area contributed by atoms with Gasteiger partial charge in [0.05, 0.1) is 22.4 Å². The maximum Gasteiger partial charge on any atom is 0.135 e. The molecule has 0 spiro atoms. The van der Waals surface area contributed by atoms with Crippen LogP contribution in [0, 0.1) is 0 Å². The molecular weight excluding hydrogens is 597 g/mol. The molecule has 0 atom stereocenters. The molecule has 0 saturated carbocycles. The summed E-state index contributed by atoms with van der Waals surface area (Å²) < 4.78 is 6.05. The number of benzene rings is 8. The van der Waals surface area contributed by atoms with E-state index in [1.807, 2.05) is 12.1 Å². The molecule has 11 rings (SSSR count). The number of hydrogen-bond acceptors (Lipinski definition) is 3. The van der Waals surface area contributed by atoms with Crippen LogP contribution in [0.2, 0.25) is 0 Å². The molecule has 3 aromatic heterocycles. The first-order chi connectivity index (χ1) is 24.2. The van der Waals surface area contributed by atoms with Gasteiger partial charge in [-0.2, -0.15) is 0 Å². The zero-order valence-electron chi connectivity index (χ0n) is 26.3. The van der Waals surface area contributed by atoms with Gasteiger partial charge in [0.2, 0.25) is 0 Å². The monoisotopic (exact) mass is 622 g/mol. The van der Waals surface area contributed by atoms with Gasteiger partial charge >= 0.3 is 0 Å². The highest BCUT2D eigenvalue weighted by Crippen LogP contribution is 2.40. The van der Waals surface area contributed by atoms with E-state index >= 15 is 0 Å². The number of furan rings is 1. The van der Waals surface area contributed by atoms with Gasteiger partial charge in [-0.05, 0) is 73.8 Å². The molecule has 0 saturated heterocycles. The van der Waals surface area contributed by atoms with Crippen LogP contribution in [-0.2, 0) is 0 Å². The number of para-hydroxylation sites is 1. The topological polar surface area (TPSA) is 38.9 Å². The Morgan fingerprint density at radius 2 is 0.939 bits per heavy atom. The molecule has 0 amide bonds. The Morgan fingerprint density at radius 3 is 1.76 bits per heavy atom. The third-order valence-electron chi connectivity index (χ3n) is 10.2. The van der Waals surface area contributed by atoms with Crippen molar-refractivity contribution in [3.8, 4) is 33.6 Å². The van der Waals surface area contributed by atoms with E-state index < -0.39 is 0 Å². The van der Waals surface area contributed by atoms with Gasteiger partial charge in [0.1, 0.15) is 11.2 Å². The molecule has 3 heterocycles. The maximum absolute atomic E-state index is 6.05. The third-order valence-corrected chi connectivity index (χ3v) is 10.2. The predicted octanol–water partition coefficient (Wildman–Crippen LogP) is 12.6. The van der Waals surface area contributed by atoms with Crippen molar-refractivity contribution in [3.05, 3.63) is 158 Å². The SMILES string of the molecule is c1cc2ccc3ccc(-c4ccc5ccc6ccc(-c7ccc(-c8ccc9oc%10ccccc%10c9c8)cc7)nc6c5n4)c4ccc(c1)c2c34. The Kier molecular flexibility index (Phi) is 5.38. The van der Waals surface area contributed by atoms with E-state index in [1.165, 1.54) is 32.3 Å². The van der Waals surface area contributed by atoms with Gasteiger partial charge in [-0.15, -0.1) is 0 Å². The lowest BCUT2D eigenvalue weighted by Gasteiger charge is -2.14. The van der Waals surface area contributed by atoms with Gasteiger partial charge in [0.15, 0.2) is 0 Å². The maximum atomic E-state index is 6.05. The van der Waals surface area contributed by atoms with Crippen molar-refractivity contribution in [2.45, 2.75) is 0 Å². The van der Waals surface area contributed by atoms with Crippen molar-refractivity contribution >= 4 is 76.1 Å².